The number of guanidine groups is 1. The van der Waals surface area contributed by atoms with Crippen molar-refractivity contribution in [2.75, 3.05) is 13.1 Å². The first-order valence-corrected chi connectivity index (χ1v) is 5.87. The van der Waals surface area contributed by atoms with Gasteiger partial charge in [-0.3, -0.25) is 4.99 Å². The molecule has 3 rings (SSSR count). The van der Waals surface area contributed by atoms with Crippen molar-refractivity contribution >= 4 is 17.0 Å². The Balaban J connectivity index is 1.69. The molecule has 0 aliphatic carbocycles. The normalized spacial score (nSPS) is 15.4. The highest BCUT2D eigenvalue weighted by atomic mass is 15.2. The number of aliphatic imine (C=N–C) groups is 1. The maximum atomic E-state index is 4.52. The summed E-state index contributed by atoms with van der Waals surface area (Å²) < 4.78 is 0. The molecule has 0 amide bonds. The van der Waals surface area contributed by atoms with Gasteiger partial charge < -0.3 is 15.6 Å². The number of nitrogens with one attached hydrogen (secondary N) is 3. The standard InChI is InChI=1S/C12H15N5/c1-5-14-12(15-6-1)16-8-10-3-2-9-4-7-13-11(9)17-10/h2-4,7H,1,5-6,8H2,(H,13,17)(H2,14,15,16). The molecule has 3 N–H and O–H groups in total. The molecule has 0 radical (unpaired) electrons. The number of hydrogen-bond donors (Lipinski definition) is 3. The highest BCUT2D eigenvalue weighted by molar-refractivity contribution is 5.80. The third-order valence-electron chi connectivity index (χ3n) is 2.80. The van der Waals surface area contributed by atoms with Crippen LogP contribution >= 0.6 is 0 Å². The fraction of sp³-hybridized carbons (Fsp3) is 0.333. The van der Waals surface area contributed by atoms with E-state index in [0.717, 1.165) is 42.2 Å². The van der Waals surface area contributed by atoms with Crippen LogP contribution in [-0.2, 0) is 6.54 Å². The van der Waals surface area contributed by atoms with Crippen LogP contribution in [0.15, 0.2) is 29.4 Å². The van der Waals surface area contributed by atoms with E-state index < -0.39 is 0 Å². The van der Waals surface area contributed by atoms with Gasteiger partial charge in [0.05, 0.1) is 12.2 Å². The minimum Gasteiger partial charge on any atom is -0.356 e. The van der Waals surface area contributed by atoms with Gasteiger partial charge in [-0.2, -0.15) is 0 Å². The van der Waals surface area contributed by atoms with Crippen LogP contribution in [0.4, 0.5) is 0 Å². The summed E-state index contributed by atoms with van der Waals surface area (Å²) in [5.74, 6) is 0.879. The monoisotopic (exact) mass is 229 g/mol. The Bertz CT molecular complexity index is 543. The number of fused-ring (bicyclic) bond motifs is 1. The Hall–Kier alpha value is -2.04. The molecule has 0 bridgehead atoms. The molecule has 0 saturated carbocycles. The Kier molecular flexibility index (Phi) is 2.65. The molecule has 0 atom stereocenters. The Morgan fingerprint density at radius 2 is 2.29 bits per heavy atom. The van der Waals surface area contributed by atoms with E-state index in [4.69, 9.17) is 0 Å². The SMILES string of the molecule is c1cc2ccc(CNC3=NCCCN3)nc2[nH]1. The van der Waals surface area contributed by atoms with E-state index in [1.54, 1.807) is 0 Å². The van der Waals surface area contributed by atoms with E-state index in [0.29, 0.717) is 6.54 Å². The van der Waals surface area contributed by atoms with E-state index in [1.165, 1.54) is 0 Å². The molecule has 1 aliphatic rings. The third-order valence-corrected chi connectivity index (χ3v) is 2.80. The van der Waals surface area contributed by atoms with Crippen LogP contribution in [-0.4, -0.2) is 29.0 Å². The summed E-state index contributed by atoms with van der Waals surface area (Å²) in [5, 5.41) is 7.62. The fourth-order valence-corrected chi connectivity index (χ4v) is 1.89. The van der Waals surface area contributed by atoms with Crippen molar-refractivity contribution < 1.29 is 0 Å². The van der Waals surface area contributed by atoms with Crippen molar-refractivity contribution in [3.05, 3.63) is 30.1 Å². The van der Waals surface area contributed by atoms with Gasteiger partial charge in [0.25, 0.3) is 0 Å². The second-order valence-corrected chi connectivity index (χ2v) is 4.08. The van der Waals surface area contributed by atoms with Gasteiger partial charge in [0, 0.05) is 24.7 Å². The zero-order valence-electron chi connectivity index (χ0n) is 9.53. The lowest BCUT2D eigenvalue weighted by Crippen LogP contribution is -2.40. The number of aromatic nitrogens is 2. The van der Waals surface area contributed by atoms with Gasteiger partial charge in [-0.05, 0) is 24.6 Å². The number of pyridine rings is 1. The largest absolute Gasteiger partial charge is 0.356 e. The Morgan fingerprint density at radius 1 is 1.29 bits per heavy atom. The predicted molar refractivity (Wildman–Crippen MR) is 67.9 cm³/mol. The third kappa shape index (κ3) is 2.22. The van der Waals surface area contributed by atoms with Gasteiger partial charge >= 0.3 is 0 Å². The van der Waals surface area contributed by atoms with Crippen LogP contribution in [0.1, 0.15) is 12.1 Å². The van der Waals surface area contributed by atoms with Crippen LogP contribution < -0.4 is 10.6 Å². The summed E-state index contributed by atoms with van der Waals surface area (Å²) in [5.41, 5.74) is 1.94. The average molecular weight is 229 g/mol. The topological polar surface area (TPSA) is 65.1 Å². The minimum atomic E-state index is 0.695. The van der Waals surface area contributed by atoms with Crippen molar-refractivity contribution in [2.24, 2.45) is 4.99 Å². The molecular weight excluding hydrogens is 214 g/mol. The lowest BCUT2D eigenvalue weighted by molar-refractivity contribution is 0.699. The quantitative estimate of drug-likeness (QED) is 0.720. The van der Waals surface area contributed by atoms with E-state index in [1.807, 2.05) is 18.3 Å². The Morgan fingerprint density at radius 3 is 3.18 bits per heavy atom. The van der Waals surface area contributed by atoms with E-state index in [9.17, 15) is 0 Å². The molecule has 0 spiro atoms. The van der Waals surface area contributed by atoms with Gasteiger partial charge in [0.2, 0.25) is 0 Å². The maximum absolute atomic E-state index is 4.52. The molecule has 2 aromatic rings. The first kappa shape index (κ1) is 10.1. The van der Waals surface area contributed by atoms with Crippen molar-refractivity contribution in [3.63, 3.8) is 0 Å². The van der Waals surface area contributed by atoms with Crippen molar-refractivity contribution in [2.45, 2.75) is 13.0 Å². The van der Waals surface area contributed by atoms with E-state index >= 15 is 0 Å². The van der Waals surface area contributed by atoms with Crippen molar-refractivity contribution in [3.8, 4) is 0 Å². The highest BCUT2D eigenvalue weighted by Gasteiger charge is 2.04. The number of aromatic amines is 1. The summed E-state index contributed by atoms with van der Waals surface area (Å²) in [7, 11) is 0. The van der Waals surface area contributed by atoms with Gasteiger partial charge in [-0.15, -0.1) is 0 Å². The summed E-state index contributed by atoms with van der Waals surface area (Å²) in [6, 6.07) is 6.13. The first-order valence-electron chi connectivity index (χ1n) is 5.87. The van der Waals surface area contributed by atoms with Crippen LogP contribution in [0, 0.1) is 0 Å². The maximum Gasteiger partial charge on any atom is 0.191 e. The molecule has 1 aliphatic heterocycles. The molecule has 0 aromatic carbocycles. The molecule has 5 nitrogen and oxygen atoms in total. The van der Waals surface area contributed by atoms with Crippen LogP contribution in [0.5, 0.6) is 0 Å². The average Bonchev–Trinajstić information content (AvgIpc) is 2.85. The number of hydrogen-bond acceptors (Lipinski definition) is 4. The summed E-state index contributed by atoms with van der Waals surface area (Å²) >= 11 is 0. The lowest BCUT2D eigenvalue weighted by atomic mass is 10.3. The molecular formula is C12H15N5. The summed E-state index contributed by atoms with van der Waals surface area (Å²) in [6.07, 6.45) is 3.01. The molecule has 0 saturated heterocycles. The van der Waals surface area contributed by atoms with Gasteiger partial charge in [0.15, 0.2) is 5.96 Å². The van der Waals surface area contributed by atoms with Crippen molar-refractivity contribution in [1.82, 2.24) is 20.6 Å². The number of H-pyrrole nitrogens is 1. The molecule has 2 aromatic heterocycles. The molecule has 3 heterocycles. The van der Waals surface area contributed by atoms with Gasteiger partial charge in [-0.25, -0.2) is 4.98 Å². The number of nitrogens with zero attached hydrogens (tertiary/aromatic N) is 2. The molecule has 5 heteroatoms. The lowest BCUT2D eigenvalue weighted by Gasteiger charge is -2.15. The fourth-order valence-electron chi connectivity index (χ4n) is 1.89. The molecule has 0 fully saturated rings. The highest BCUT2D eigenvalue weighted by Crippen LogP contribution is 2.09. The molecule has 88 valence electrons. The van der Waals surface area contributed by atoms with Crippen molar-refractivity contribution in [1.29, 1.82) is 0 Å². The second kappa shape index (κ2) is 4.45. The van der Waals surface area contributed by atoms with Crippen LogP contribution in [0.25, 0.3) is 11.0 Å². The number of rotatable bonds is 2. The van der Waals surface area contributed by atoms with Crippen LogP contribution in [0.2, 0.25) is 0 Å². The van der Waals surface area contributed by atoms with E-state index in [-0.39, 0.29) is 0 Å². The van der Waals surface area contributed by atoms with E-state index in [2.05, 4.69) is 31.7 Å². The minimum absolute atomic E-state index is 0.695. The first-order chi connectivity index (χ1) is 8.42. The van der Waals surface area contributed by atoms with Gasteiger partial charge in [-0.1, -0.05) is 0 Å². The Labute approximate surface area is 99.4 Å². The smallest absolute Gasteiger partial charge is 0.191 e. The molecule has 0 unspecified atom stereocenters. The second-order valence-electron chi connectivity index (χ2n) is 4.08. The summed E-state index contributed by atoms with van der Waals surface area (Å²) in [4.78, 5) is 12.0. The van der Waals surface area contributed by atoms with Gasteiger partial charge in [0.1, 0.15) is 5.65 Å². The van der Waals surface area contributed by atoms with Crippen LogP contribution in [0.3, 0.4) is 0 Å². The summed E-state index contributed by atoms with van der Waals surface area (Å²) in [6.45, 7) is 2.59. The zero-order valence-corrected chi connectivity index (χ0v) is 9.53. The predicted octanol–water partition coefficient (Wildman–Crippen LogP) is 1.00. The zero-order chi connectivity index (χ0) is 11.5. The molecule has 17 heavy (non-hydrogen) atoms.